The van der Waals surface area contributed by atoms with E-state index in [2.05, 4.69) is 22.4 Å². The van der Waals surface area contributed by atoms with Gasteiger partial charge in [-0.3, -0.25) is 14.6 Å². The number of hydrogen-bond acceptors (Lipinski definition) is 5. The van der Waals surface area contributed by atoms with Crippen molar-refractivity contribution in [2.75, 3.05) is 13.1 Å². The molecule has 2 fully saturated rings. The van der Waals surface area contributed by atoms with Gasteiger partial charge in [-0.25, -0.2) is 0 Å². The third kappa shape index (κ3) is 3.23. The Bertz CT molecular complexity index is 720. The number of carbonyl (C=O) groups is 2. The fourth-order valence-electron chi connectivity index (χ4n) is 3.58. The molecule has 3 heterocycles. The highest BCUT2D eigenvalue weighted by Gasteiger charge is 2.51. The van der Waals surface area contributed by atoms with E-state index in [-0.39, 0.29) is 17.7 Å². The summed E-state index contributed by atoms with van der Waals surface area (Å²) < 4.78 is 0. The summed E-state index contributed by atoms with van der Waals surface area (Å²) in [4.78, 5) is 36.2. The summed E-state index contributed by atoms with van der Waals surface area (Å²) in [6.45, 7) is 3.72. The molecule has 2 amide bonds. The average Bonchev–Trinajstić information content (AvgIpc) is 3.05. The Balaban J connectivity index is 1.30. The van der Waals surface area contributed by atoms with E-state index in [1.54, 1.807) is 12.4 Å². The standard InChI is InChI=1S/C18H22N4O3/c1-12-7-14(12)17(24)22-6-4-18(11-22)8-15(21-25-18)16(23)20-10-13-3-2-5-19-9-13/h2-3,5,9,12,14H,4,6-8,10-11H2,1H3,(H,20,23)/t12-,14+,18-/m1/s1. The van der Waals surface area contributed by atoms with E-state index in [4.69, 9.17) is 4.84 Å². The van der Waals surface area contributed by atoms with Gasteiger partial charge in [0.25, 0.3) is 5.91 Å². The van der Waals surface area contributed by atoms with E-state index >= 15 is 0 Å². The molecule has 4 rings (SSSR count). The maximum absolute atomic E-state index is 12.4. The van der Waals surface area contributed by atoms with Crippen LogP contribution < -0.4 is 5.32 Å². The normalized spacial score (nSPS) is 30.1. The van der Waals surface area contributed by atoms with Crippen molar-refractivity contribution in [1.82, 2.24) is 15.2 Å². The van der Waals surface area contributed by atoms with E-state index in [1.165, 1.54) is 0 Å². The molecule has 1 aromatic heterocycles. The maximum atomic E-state index is 12.4. The smallest absolute Gasteiger partial charge is 0.269 e. The lowest BCUT2D eigenvalue weighted by atomic mass is 9.96. The van der Waals surface area contributed by atoms with Crippen molar-refractivity contribution in [3.63, 3.8) is 0 Å². The number of rotatable bonds is 4. The Labute approximate surface area is 146 Å². The number of nitrogens with one attached hydrogen (secondary N) is 1. The van der Waals surface area contributed by atoms with Crippen LogP contribution in [-0.2, 0) is 21.0 Å². The fourth-order valence-corrected chi connectivity index (χ4v) is 3.58. The molecule has 0 aromatic carbocycles. The van der Waals surface area contributed by atoms with Crippen molar-refractivity contribution >= 4 is 17.5 Å². The Kier molecular flexibility index (Phi) is 3.94. The number of hydrogen-bond donors (Lipinski definition) is 1. The number of carbonyl (C=O) groups excluding carboxylic acids is 2. The van der Waals surface area contributed by atoms with Crippen LogP contribution in [0.1, 0.15) is 31.7 Å². The molecule has 0 unspecified atom stereocenters. The summed E-state index contributed by atoms with van der Waals surface area (Å²) in [5.74, 6) is 0.683. The second-order valence-corrected chi connectivity index (χ2v) is 7.36. The number of amides is 2. The molecule has 132 valence electrons. The van der Waals surface area contributed by atoms with E-state index in [0.29, 0.717) is 37.7 Å². The quantitative estimate of drug-likeness (QED) is 0.888. The van der Waals surface area contributed by atoms with Gasteiger partial charge in [0.1, 0.15) is 5.71 Å². The molecule has 1 N–H and O–H groups in total. The molecule has 1 saturated carbocycles. The van der Waals surface area contributed by atoms with Gasteiger partial charge in [-0.05, 0) is 24.0 Å². The van der Waals surface area contributed by atoms with Gasteiger partial charge in [0, 0.05) is 44.2 Å². The van der Waals surface area contributed by atoms with Gasteiger partial charge in [0.05, 0.1) is 6.54 Å². The Hall–Kier alpha value is -2.44. The zero-order chi connectivity index (χ0) is 17.4. The van der Waals surface area contributed by atoms with Crippen LogP contribution in [0.5, 0.6) is 0 Å². The van der Waals surface area contributed by atoms with Gasteiger partial charge < -0.3 is 15.1 Å². The predicted octanol–water partition coefficient (Wildman–Crippen LogP) is 1.10. The summed E-state index contributed by atoms with van der Waals surface area (Å²) in [7, 11) is 0. The van der Waals surface area contributed by atoms with Crippen molar-refractivity contribution < 1.29 is 14.4 Å². The van der Waals surface area contributed by atoms with E-state index < -0.39 is 5.60 Å². The second-order valence-electron chi connectivity index (χ2n) is 7.36. The van der Waals surface area contributed by atoms with Gasteiger partial charge in [0.15, 0.2) is 5.60 Å². The van der Waals surface area contributed by atoms with Crippen LogP contribution in [0, 0.1) is 11.8 Å². The molecule has 7 nitrogen and oxygen atoms in total. The first-order valence-electron chi connectivity index (χ1n) is 8.77. The van der Waals surface area contributed by atoms with Crippen LogP contribution in [-0.4, -0.2) is 46.1 Å². The Morgan fingerprint density at radius 2 is 2.32 bits per heavy atom. The monoisotopic (exact) mass is 342 g/mol. The van der Waals surface area contributed by atoms with Gasteiger partial charge in [-0.15, -0.1) is 0 Å². The zero-order valence-electron chi connectivity index (χ0n) is 14.3. The van der Waals surface area contributed by atoms with Crippen LogP contribution in [0.25, 0.3) is 0 Å². The highest BCUT2D eigenvalue weighted by molar-refractivity contribution is 6.39. The number of oxime groups is 1. The van der Waals surface area contributed by atoms with Crippen molar-refractivity contribution in [2.45, 2.75) is 38.3 Å². The van der Waals surface area contributed by atoms with E-state index in [0.717, 1.165) is 18.4 Å². The van der Waals surface area contributed by atoms with E-state index in [1.807, 2.05) is 17.0 Å². The van der Waals surface area contributed by atoms with E-state index in [9.17, 15) is 9.59 Å². The molecule has 7 heteroatoms. The average molecular weight is 342 g/mol. The minimum Gasteiger partial charge on any atom is -0.386 e. The lowest BCUT2D eigenvalue weighted by Crippen LogP contribution is -2.39. The predicted molar refractivity (Wildman–Crippen MR) is 90.4 cm³/mol. The largest absolute Gasteiger partial charge is 0.386 e. The molecule has 1 aromatic rings. The van der Waals surface area contributed by atoms with Gasteiger partial charge in [0.2, 0.25) is 5.91 Å². The lowest BCUT2D eigenvalue weighted by Gasteiger charge is -2.21. The van der Waals surface area contributed by atoms with Gasteiger partial charge >= 0.3 is 0 Å². The molecule has 2 aliphatic heterocycles. The highest BCUT2D eigenvalue weighted by atomic mass is 16.7. The third-order valence-corrected chi connectivity index (χ3v) is 5.33. The maximum Gasteiger partial charge on any atom is 0.269 e. The second kappa shape index (κ2) is 6.13. The Morgan fingerprint density at radius 3 is 3.04 bits per heavy atom. The minimum atomic E-state index is -0.519. The summed E-state index contributed by atoms with van der Waals surface area (Å²) in [5, 5.41) is 6.85. The van der Waals surface area contributed by atoms with Crippen molar-refractivity contribution in [3.8, 4) is 0 Å². The van der Waals surface area contributed by atoms with Crippen LogP contribution in [0.4, 0.5) is 0 Å². The van der Waals surface area contributed by atoms with Gasteiger partial charge in [-0.1, -0.05) is 18.1 Å². The molecule has 0 radical (unpaired) electrons. The van der Waals surface area contributed by atoms with Crippen LogP contribution >= 0.6 is 0 Å². The molecule has 25 heavy (non-hydrogen) atoms. The van der Waals surface area contributed by atoms with Crippen molar-refractivity contribution in [1.29, 1.82) is 0 Å². The van der Waals surface area contributed by atoms with Gasteiger partial charge in [-0.2, -0.15) is 0 Å². The topological polar surface area (TPSA) is 83.9 Å². The molecule has 1 spiro atoms. The first-order valence-corrected chi connectivity index (χ1v) is 8.77. The number of likely N-dealkylation sites (tertiary alicyclic amines) is 1. The van der Waals surface area contributed by atoms with Crippen molar-refractivity contribution in [2.24, 2.45) is 17.0 Å². The summed E-state index contributed by atoms with van der Waals surface area (Å²) in [5.41, 5.74) is 0.814. The summed E-state index contributed by atoms with van der Waals surface area (Å²) in [6, 6.07) is 3.73. The minimum absolute atomic E-state index is 0.180. The molecular weight excluding hydrogens is 320 g/mol. The fraction of sp³-hybridized carbons (Fsp3) is 0.556. The molecule has 3 aliphatic rings. The SMILES string of the molecule is C[C@@H]1C[C@@H]1C(=O)N1CC[C@@]2(CC(C(=O)NCc3cccnc3)=NO2)C1. The van der Waals surface area contributed by atoms with Crippen molar-refractivity contribution in [3.05, 3.63) is 30.1 Å². The van der Waals surface area contributed by atoms with Crippen LogP contribution in [0.2, 0.25) is 0 Å². The first-order chi connectivity index (χ1) is 12.1. The highest BCUT2D eigenvalue weighted by Crippen LogP contribution is 2.42. The molecule has 1 saturated heterocycles. The first kappa shape index (κ1) is 16.1. The molecular formula is C18H22N4O3. The summed E-state index contributed by atoms with van der Waals surface area (Å²) in [6.07, 6.45) is 5.58. The molecule has 0 bridgehead atoms. The van der Waals surface area contributed by atoms with Crippen LogP contribution in [0.15, 0.2) is 29.7 Å². The number of pyridine rings is 1. The molecule has 3 atom stereocenters. The third-order valence-electron chi connectivity index (χ3n) is 5.33. The lowest BCUT2D eigenvalue weighted by molar-refractivity contribution is -0.133. The zero-order valence-corrected chi connectivity index (χ0v) is 14.3. The number of nitrogens with zero attached hydrogens (tertiary/aromatic N) is 3. The number of aromatic nitrogens is 1. The summed E-state index contributed by atoms with van der Waals surface area (Å²) >= 11 is 0. The van der Waals surface area contributed by atoms with Crippen LogP contribution in [0.3, 0.4) is 0 Å². The molecule has 1 aliphatic carbocycles. The Morgan fingerprint density at radius 1 is 1.48 bits per heavy atom.